The van der Waals surface area contributed by atoms with Crippen molar-refractivity contribution in [1.29, 1.82) is 0 Å². The molecule has 0 saturated heterocycles. The van der Waals surface area contributed by atoms with E-state index in [-0.39, 0.29) is 5.82 Å². The molecule has 1 saturated carbocycles. The van der Waals surface area contributed by atoms with Crippen molar-refractivity contribution < 1.29 is 4.39 Å². The fraction of sp³-hybridized carbons (Fsp3) is 0.625. The molecular weight excluding hydrogens is 257 g/mol. The van der Waals surface area contributed by atoms with Crippen LogP contribution >= 0.6 is 11.8 Å². The van der Waals surface area contributed by atoms with Gasteiger partial charge in [0, 0.05) is 16.7 Å². The van der Waals surface area contributed by atoms with Crippen LogP contribution in [0.25, 0.3) is 0 Å². The van der Waals surface area contributed by atoms with E-state index in [2.05, 4.69) is 25.2 Å². The Labute approximate surface area is 120 Å². The molecule has 3 heteroatoms. The fourth-order valence-corrected chi connectivity index (χ4v) is 4.23. The summed E-state index contributed by atoms with van der Waals surface area (Å²) in [6.07, 6.45) is 5.21. The van der Waals surface area contributed by atoms with Crippen LogP contribution in [-0.2, 0) is 6.54 Å². The Kier molecular flexibility index (Phi) is 5.71. The minimum atomic E-state index is -0.109. The zero-order valence-corrected chi connectivity index (χ0v) is 12.7. The molecule has 0 bridgehead atoms. The van der Waals surface area contributed by atoms with Gasteiger partial charge in [-0.15, -0.1) is 11.8 Å². The van der Waals surface area contributed by atoms with Crippen molar-refractivity contribution in [1.82, 2.24) is 5.32 Å². The number of thioether (sulfide) groups is 1. The van der Waals surface area contributed by atoms with Crippen molar-refractivity contribution in [3.05, 3.63) is 29.6 Å². The third-order valence-corrected chi connectivity index (χ3v) is 4.97. The molecule has 0 spiro atoms. The first-order chi connectivity index (χ1) is 9.17. The van der Waals surface area contributed by atoms with Gasteiger partial charge in [-0.05, 0) is 49.1 Å². The van der Waals surface area contributed by atoms with Gasteiger partial charge in [-0.25, -0.2) is 4.39 Å². The Morgan fingerprint density at radius 3 is 2.89 bits per heavy atom. The number of hydrogen-bond acceptors (Lipinski definition) is 2. The molecule has 0 aliphatic heterocycles. The highest BCUT2D eigenvalue weighted by molar-refractivity contribution is 8.00. The molecule has 2 rings (SSSR count). The maximum Gasteiger partial charge on any atom is 0.124 e. The number of nitrogens with one attached hydrogen (secondary N) is 1. The molecule has 1 N–H and O–H groups in total. The molecule has 1 aliphatic rings. The monoisotopic (exact) mass is 281 g/mol. The third-order valence-electron chi connectivity index (χ3n) is 3.70. The maximum atomic E-state index is 13.6. The molecule has 1 aromatic rings. The minimum absolute atomic E-state index is 0.109. The molecule has 2 atom stereocenters. The van der Waals surface area contributed by atoms with Crippen LogP contribution < -0.4 is 5.32 Å². The van der Waals surface area contributed by atoms with Gasteiger partial charge in [-0.2, -0.15) is 0 Å². The van der Waals surface area contributed by atoms with Gasteiger partial charge in [-0.3, -0.25) is 0 Å². The van der Waals surface area contributed by atoms with E-state index in [4.69, 9.17) is 0 Å². The summed E-state index contributed by atoms with van der Waals surface area (Å²) >= 11 is 1.86. The zero-order chi connectivity index (χ0) is 13.7. The van der Waals surface area contributed by atoms with E-state index in [1.54, 1.807) is 12.1 Å². The van der Waals surface area contributed by atoms with Gasteiger partial charge in [0.25, 0.3) is 0 Å². The second kappa shape index (κ2) is 7.30. The van der Waals surface area contributed by atoms with Gasteiger partial charge in [0.15, 0.2) is 0 Å². The molecule has 0 radical (unpaired) electrons. The summed E-state index contributed by atoms with van der Waals surface area (Å²) in [4.78, 5) is 1.09. The predicted molar refractivity (Wildman–Crippen MR) is 81.1 cm³/mol. The van der Waals surface area contributed by atoms with E-state index >= 15 is 0 Å². The third kappa shape index (κ3) is 4.81. The van der Waals surface area contributed by atoms with Crippen LogP contribution in [0.5, 0.6) is 0 Å². The van der Waals surface area contributed by atoms with Crippen LogP contribution in [0.1, 0.15) is 45.1 Å². The Morgan fingerprint density at radius 1 is 1.32 bits per heavy atom. The van der Waals surface area contributed by atoms with Gasteiger partial charge in [0.05, 0.1) is 0 Å². The van der Waals surface area contributed by atoms with Crippen LogP contribution in [0, 0.1) is 11.7 Å². The van der Waals surface area contributed by atoms with Crippen LogP contribution in [-0.4, -0.2) is 11.8 Å². The zero-order valence-electron chi connectivity index (χ0n) is 11.9. The van der Waals surface area contributed by atoms with Gasteiger partial charge >= 0.3 is 0 Å². The summed E-state index contributed by atoms with van der Waals surface area (Å²) < 4.78 is 13.6. The average Bonchev–Trinajstić information content (AvgIpc) is 2.35. The van der Waals surface area contributed by atoms with E-state index in [9.17, 15) is 4.39 Å². The topological polar surface area (TPSA) is 12.0 Å². The number of rotatable bonds is 5. The molecular formula is C16H24FNS. The first-order valence-corrected chi connectivity index (χ1v) is 8.22. The van der Waals surface area contributed by atoms with E-state index in [0.29, 0.717) is 5.25 Å². The minimum Gasteiger partial charge on any atom is -0.313 e. The van der Waals surface area contributed by atoms with Crippen LogP contribution in [0.3, 0.4) is 0 Å². The lowest BCUT2D eigenvalue weighted by atomic mass is 9.91. The van der Waals surface area contributed by atoms with E-state index in [0.717, 1.165) is 29.5 Å². The normalized spacial score (nSPS) is 23.5. The highest BCUT2D eigenvalue weighted by Gasteiger charge is 2.20. The van der Waals surface area contributed by atoms with Gasteiger partial charge in [0.2, 0.25) is 0 Å². The molecule has 1 fully saturated rings. The van der Waals surface area contributed by atoms with Crippen LogP contribution in [0.15, 0.2) is 23.1 Å². The Hall–Kier alpha value is -0.540. The lowest BCUT2D eigenvalue weighted by Gasteiger charge is -2.26. The Balaban J connectivity index is 2.00. The molecule has 1 aliphatic carbocycles. The van der Waals surface area contributed by atoms with Crippen molar-refractivity contribution >= 4 is 11.8 Å². The summed E-state index contributed by atoms with van der Waals surface area (Å²) in [5.74, 6) is 0.711. The largest absolute Gasteiger partial charge is 0.313 e. The average molecular weight is 281 g/mol. The molecule has 0 aromatic heterocycles. The second-order valence-corrected chi connectivity index (χ2v) is 6.96. The molecule has 0 amide bonds. The van der Waals surface area contributed by atoms with E-state index in [1.165, 1.54) is 25.7 Å². The number of halogens is 1. The lowest BCUT2D eigenvalue weighted by molar-refractivity contribution is 0.394. The number of benzene rings is 1. The van der Waals surface area contributed by atoms with Crippen LogP contribution in [0.4, 0.5) is 4.39 Å². The summed E-state index contributed by atoms with van der Waals surface area (Å²) in [5, 5.41) is 3.92. The fourth-order valence-electron chi connectivity index (χ4n) is 2.74. The van der Waals surface area contributed by atoms with Crippen molar-refractivity contribution in [3.8, 4) is 0 Å². The summed E-state index contributed by atoms with van der Waals surface area (Å²) in [6.45, 7) is 6.06. The Morgan fingerprint density at radius 2 is 2.16 bits per heavy atom. The van der Waals surface area contributed by atoms with Gasteiger partial charge < -0.3 is 5.32 Å². The first-order valence-electron chi connectivity index (χ1n) is 7.34. The predicted octanol–water partition coefficient (Wildman–Crippen LogP) is 4.61. The standard InChI is InChI=1S/C16H24FNS/c1-3-18-11-13-8-14(17)10-16(9-13)19-15-6-4-5-12(2)7-15/h8-10,12,15,18H,3-7,11H2,1-2H3. The molecule has 19 heavy (non-hydrogen) atoms. The smallest absolute Gasteiger partial charge is 0.124 e. The van der Waals surface area contributed by atoms with E-state index in [1.807, 2.05) is 11.8 Å². The SMILES string of the molecule is CCNCc1cc(F)cc(SC2CCCC(C)C2)c1. The first kappa shape index (κ1) is 14.9. The van der Waals surface area contributed by atoms with Gasteiger partial charge in [0.1, 0.15) is 5.82 Å². The Bertz CT molecular complexity index is 408. The summed E-state index contributed by atoms with van der Waals surface area (Å²) in [6, 6.07) is 5.45. The summed E-state index contributed by atoms with van der Waals surface area (Å²) in [7, 11) is 0. The van der Waals surface area contributed by atoms with Crippen molar-refractivity contribution in [3.63, 3.8) is 0 Å². The number of hydrogen-bond donors (Lipinski definition) is 1. The van der Waals surface area contributed by atoms with Gasteiger partial charge in [-0.1, -0.05) is 26.7 Å². The molecule has 2 unspecified atom stereocenters. The highest BCUT2D eigenvalue weighted by Crippen LogP contribution is 2.36. The van der Waals surface area contributed by atoms with Crippen molar-refractivity contribution in [2.24, 2.45) is 5.92 Å². The van der Waals surface area contributed by atoms with Crippen LogP contribution in [0.2, 0.25) is 0 Å². The molecule has 1 aromatic carbocycles. The molecule has 0 heterocycles. The highest BCUT2D eigenvalue weighted by atomic mass is 32.2. The second-order valence-electron chi connectivity index (χ2n) is 5.59. The maximum absolute atomic E-state index is 13.6. The summed E-state index contributed by atoms with van der Waals surface area (Å²) in [5.41, 5.74) is 1.05. The molecule has 1 nitrogen and oxygen atoms in total. The quantitative estimate of drug-likeness (QED) is 0.846. The molecule has 106 valence electrons. The lowest BCUT2D eigenvalue weighted by Crippen LogP contribution is -2.15. The van der Waals surface area contributed by atoms with E-state index < -0.39 is 0 Å². The van der Waals surface area contributed by atoms with Crippen molar-refractivity contribution in [2.45, 2.75) is 56.2 Å². The van der Waals surface area contributed by atoms with Crippen molar-refractivity contribution in [2.75, 3.05) is 6.54 Å².